The molecule has 2 N–H and O–H groups in total. The fraction of sp³-hybridized carbons (Fsp3) is 0.778. The maximum Gasteiger partial charge on any atom is 0.0784 e. The summed E-state index contributed by atoms with van der Waals surface area (Å²) in [6.07, 6.45) is 16.6. The van der Waals surface area contributed by atoms with Crippen molar-refractivity contribution in [1.29, 1.82) is 0 Å². The lowest BCUT2D eigenvalue weighted by Gasteiger charge is -2.42. The SMILES string of the molecule is C=C1CC/C(=C/C=C2\CCCC3(C)C2CC[C@@H]3CCNCCN(C)CCC)CC1O. The topological polar surface area (TPSA) is 35.5 Å². The lowest BCUT2D eigenvalue weighted by molar-refractivity contribution is 0.129. The van der Waals surface area contributed by atoms with E-state index in [2.05, 4.69) is 49.8 Å². The summed E-state index contributed by atoms with van der Waals surface area (Å²) in [6, 6.07) is 0. The first-order valence-corrected chi connectivity index (χ1v) is 12.6. The van der Waals surface area contributed by atoms with E-state index >= 15 is 0 Å². The average molecular weight is 415 g/mol. The van der Waals surface area contributed by atoms with Crippen molar-refractivity contribution in [3.63, 3.8) is 0 Å². The number of nitrogens with zero attached hydrogens (tertiary/aromatic N) is 1. The summed E-state index contributed by atoms with van der Waals surface area (Å²) in [6.45, 7) is 13.5. The molecule has 3 nitrogen and oxygen atoms in total. The normalized spacial score (nSPS) is 34.8. The van der Waals surface area contributed by atoms with Gasteiger partial charge < -0.3 is 15.3 Å². The van der Waals surface area contributed by atoms with Crippen LogP contribution in [-0.2, 0) is 0 Å². The van der Waals surface area contributed by atoms with Crippen LogP contribution in [0.1, 0.15) is 78.1 Å². The zero-order valence-electron chi connectivity index (χ0n) is 19.9. The van der Waals surface area contributed by atoms with Crippen molar-refractivity contribution in [2.45, 2.75) is 84.2 Å². The molecule has 3 aliphatic rings. The van der Waals surface area contributed by atoms with Gasteiger partial charge in [0, 0.05) is 13.1 Å². The quantitative estimate of drug-likeness (QED) is 0.387. The van der Waals surface area contributed by atoms with Gasteiger partial charge in [0.1, 0.15) is 0 Å². The number of allylic oxidation sites excluding steroid dienone is 3. The zero-order valence-corrected chi connectivity index (χ0v) is 19.9. The highest BCUT2D eigenvalue weighted by atomic mass is 16.3. The van der Waals surface area contributed by atoms with Crippen molar-refractivity contribution in [1.82, 2.24) is 10.2 Å². The first kappa shape index (κ1) is 23.8. The Morgan fingerprint density at radius 1 is 1.17 bits per heavy atom. The van der Waals surface area contributed by atoms with Gasteiger partial charge >= 0.3 is 0 Å². The van der Waals surface area contributed by atoms with Crippen LogP contribution in [0.15, 0.2) is 35.5 Å². The molecule has 3 unspecified atom stereocenters. The van der Waals surface area contributed by atoms with E-state index in [-0.39, 0.29) is 6.10 Å². The Morgan fingerprint density at radius 2 is 2.00 bits per heavy atom. The Balaban J connectivity index is 1.51. The molecule has 0 saturated heterocycles. The fourth-order valence-electron chi connectivity index (χ4n) is 6.34. The number of likely N-dealkylation sites (N-methyl/N-ethyl adjacent to an activating group) is 1. The Labute approximate surface area is 185 Å². The molecule has 0 spiro atoms. The maximum atomic E-state index is 10.1. The summed E-state index contributed by atoms with van der Waals surface area (Å²) >= 11 is 0. The lowest BCUT2D eigenvalue weighted by atomic mass is 9.63. The third-order valence-corrected chi connectivity index (χ3v) is 8.33. The second kappa shape index (κ2) is 11.1. The van der Waals surface area contributed by atoms with Gasteiger partial charge in [-0.2, -0.15) is 0 Å². The molecule has 0 bridgehead atoms. The van der Waals surface area contributed by atoms with Crippen LogP contribution in [0.25, 0.3) is 0 Å². The van der Waals surface area contributed by atoms with Gasteiger partial charge in [0.05, 0.1) is 6.10 Å². The monoisotopic (exact) mass is 414 g/mol. The predicted octanol–water partition coefficient (Wildman–Crippen LogP) is 5.48. The number of hydrogen-bond donors (Lipinski definition) is 2. The minimum absolute atomic E-state index is 0.329. The Morgan fingerprint density at radius 3 is 2.77 bits per heavy atom. The molecule has 0 aromatic carbocycles. The van der Waals surface area contributed by atoms with Gasteiger partial charge in [-0.1, -0.05) is 43.7 Å². The van der Waals surface area contributed by atoms with Crippen LogP contribution in [0.5, 0.6) is 0 Å². The highest BCUT2D eigenvalue weighted by molar-refractivity contribution is 5.27. The highest BCUT2D eigenvalue weighted by Gasteiger charge is 2.48. The number of rotatable bonds is 9. The van der Waals surface area contributed by atoms with Crippen LogP contribution < -0.4 is 5.32 Å². The van der Waals surface area contributed by atoms with Crippen molar-refractivity contribution in [2.24, 2.45) is 17.3 Å². The molecule has 0 aromatic heterocycles. The summed E-state index contributed by atoms with van der Waals surface area (Å²) in [7, 11) is 2.23. The summed E-state index contributed by atoms with van der Waals surface area (Å²) in [4.78, 5) is 2.42. The molecular formula is C27H46N2O. The van der Waals surface area contributed by atoms with E-state index in [0.717, 1.165) is 56.3 Å². The van der Waals surface area contributed by atoms with Gasteiger partial charge in [-0.05, 0) is 107 Å². The zero-order chi connectivity index (χ0) is 21.6. The smallest absolute Gasteiger partial charge is 0.0784 e. The van der Waals surface area contributed by atoms with Crippen LogP contribution in [0.4, 0.5) is 0 Å². The third-order valence-electron chi connectivity index (χ3n) is 8.33. The molecule has 30 heavy (non-hydrogen) atoms. The van der Waals surface area contributed by atoms with Gasteiger partial charge in [-0.3, -0.25) is 0 Å². The first-order valence-electron chi connectivity index (χ1n) is 12.6. The molecule has 0 heterocycles. The average Bonchev–Trinajstić information content (AvgIpc) is 3.05. The van der Waals surface area contributed by atoms with Gasteiger partial charge in [-0.15, -0.1) is 0 Å². The Hall–Kier alpha value is -0.900. The minimum Gasteiger partial charge on any atom is -0.388 e. The number of nitrogens with one attached hydrogen (secondary N) is 1. The van der Waals surface area contributed by atoms with E-state index in [4.69, 9.17) is 0 Å². The third kappa shape index (κ3) is 5.87. The Bertz CT molecular complexity index is 637. The van der Waals surface area contributed by atoms with Crippen LogP contribution in [-0.4, -0.2) is 49.3 Å². The minimum atomic E-state index is -0.329. The molecular weight excluding hydrogens is 368 g/mol. The molecule has 0 aliphatic heterocycles. The molecule has 0 amide bonds. The standard InChI is InChI=1S/C27H46N2O/c1-5-18-29(4)19-17-28-16-14-24-12-13-25-23(7-6-15-27(24,25)3)11-10-22-9-8-21(2)26(30)20-22/h10-11,24-26,28,30H,2,5-9,12-20H2,1,3-4H3/b22-10-,23-11+/t24-,25?,26?,27?/m1/s1. The second-order valence-electron chi connectivity index (χ2n) is 10.5. The van der Waals surface area contributed by atoms with Crippen molar-refractivity contribution in [3.05, 3.63) is 35.5 Å². The number of aliphatic hydroxyl groups is 1. The van der Waals surface area contributed by atoms with Gasteiger partial charge in [0.25, 0.3) is 0 Å². The van der Waals surface area contributed by atoms with Gasteiger partial charge in [0.15, 0.2) is 0 Å². The van der Waals surface area contributed by atoms with E-state index in [9.17, 15) is 5.11 Å². The molecule has 3 rings (SSSR count). The lowest BCUT2D eigenvalue weighted by Crippen LogP contribution is -2.35. The van der Waals surface area contributed by atoms with Crippen molar-refractivity contribution >= 4 is 0 Å². The van der Waals surface area contributed by atoms with Crippen molar-refractivity contribution in [2.75, 3.05) is 33.2 Å². The Kier molecular flexibility index (Phi) is 8.80. The second-order valence-corrected chi connectivity index (χ2v) is 10.5. The van der Waals surface area contributed by atoms with E-state index in [1.165, 1.54) is 57.1 Å². The number of aliphatic hydroxyl groups excluding tert-OH is 1. The van der Waals surface area contributed by atoms with Crippen LogP contribution >= 0.6 is 0 Å². The van der Waals surface area contributed by atoms with Crippen LogP contribution in [0.3, 0.4) is 0 Å². The summed E-state index contributed by atoms with van der Waals surface area (Å²) in [5, 5.41) is 13.8. The molecule has 170 valence electrons. The number of fused-ring (bicyclic) bond motifs is 1. The maximum absolute atomic E-state index is 10.1. The van der Waals surface area contributed by atoms with Gasteiger partial charge in [0.2, 0.25) is 0 Å². The summed E-state index contributed by atoms with van der Waals surface area (Å²) in [5.41, 5.74) is 4.59. The van der Waals surface area contributed by atoms with E-state index in [1.807, 2.05) is 0 Å². The summed E-state index contributed by atoms with van der Waals surface area (Å²) < 4.78 is 0. The molecule has 0 aromatic rings. The van der Waals surface area contributed by atoms with Gasteiger partial charge in [-0.25, -0.2) is 0 Å². The molecule has 0 radical (unpaired) electrons. The molecule has 3 fully saturated rings. The van der Waals surface area contributed by atoms with E-state index < -0.39 is 0 Å². The van der Waals surface area contributed by atoms with Crippen molar-refractivity contribution in [3.8, 4) is 0 Å². The molecule has 3 saturated carbocycles. The highest BCUT2D eigenvalue weighted by Crippen LogP contribution is 2.58. The van der Waals surface area contributed by atoms with E-state index in [0.29, 0.717) is 5.41 Å². The largest absolute Gasteiger partial charge is 0.388 e. The fourth-order valence-corrected chi connectivity index (χ4v) is 6.34. The molecule has 3 heteroatoms. The van der Waals surface area contributed by atoms with Crippen LogP contribution in [0.2, 0.25) is 0 Å². The number of hydrogen-bond acceptors (Lipinski definition) is 3. The molecule has 3 aliphatic carbocycles. The molecule has 4 atom stereocenters. The summed E-state index contributed by atoms with van der Waals surface area (Å²) in [5.74, 6) is 1.63. The van der Waals surface area contributed by atoms with Crippen molar-refractivity contribution < 1.29 is 5.11 Å². The predicted molar refractivity (Wildman–Crippen MR) is 129 cm³/mol. The van der Waals surface area contributed by atoms with Crippen LogP contribution in [0, 0.1) is 17.3 Å². The first-order chi connectivity index (χ1) is 14.4. The van der Waals surface area contributed by atoms with E-state index in [1.54, 1.807) is 5.57 Å².